The Kier molecular flexibility index (Phi) is 3.12. The Bertz CT molecular complexity index is 957. The summed E-state index contributed by atoms with van der Waals surface area (Å²) in [5, 5.41) is 7.12. The fourth-order valence-electron chi connectivity index (χ4n) is 2.41. The van der Waals surface area contributed by atoms with Crippen LogP contribution in [0.4, 0.5) is 5.95 Å². The number of amides is 1. The molecule has 0 saturated carbocycles. The van der Waals surface area contributed by atoms with Crippen LogP contribution in [0.25, 0.3) is 17.0 Å². The lowest BCUT2D eigenvalue weighted by atomic mass is 10.2. The Labute approximate surface area is 131 Å². The molecule has 0 aliphatic carbocycles. The van der Waals surface area contributed by atoms with Gasteiger partial charge in [0.25, 0.3) is 5.91 Å². The summed E-state index contributed by atoms with van der Waals surface area (Å²) in [5.41, 5.74) is 3.04. The predicted octanol–water partition coefficient (Wildman–Crippen LogP) is 2.98. The Balaban J connectivity index is 1.70. The summed E-state index contributed by atoms with van der Waals surface area (Å²) in [7, 11) is 0. The molecular formula is C17H13N5O. The molecule has 0 unspecified atom stereocenters. The molecule has 2 N–H and O–H groups in total. The van der Waals surface area contributed by atoms with Crippen molar-refractivity contribution in [2.75, 3.05) is 5.32 Å². The lowest BCUT2D eigenvalue weighted by Gasteiger charge is -2.01. The molecule has 0 aliphatic rings. The maximum Gasteiger partial charge on any atom is 0.258 e. The maximum absolute atomic E-state index is 12.2. The number of hydrogen-bond donors (Lipinski definition) is 2. The highest BCUT2D eigenvalue weighted by Crippen LogP contribution is 2.19. The van der Waals surface area contributed by atoms with Gasteiger partial charge in [-0.15, -0.1) is 5.10 Å². The number of rotatable bonds is 3. The molecule has 6 nitrogen and oxygen atoms in total. The van der Waals surface area contributed by atoms with Gasteiger partial charge in [-0.25, -0.2) is 4.52 Å². The summed E-state index contributed by atoms with van der Waals surface area (Å²) in [6.07, 6.45) is 1.85. The molecular weight excluding hydrogens is 290 g/mol. The van der Waals surface area contributed by atoms with Crippen molar-refractivity contribution in [1.29, 1.82) is 0 Å². The van der Waals surface area contributed by atoms with Crippen molar-refractivity contribution >= 4 is 17.5 Å². The molecule has 6 heteroatoms. The third-order valence-corrected chi connectivity index (χ3v) is 3.49. The normalized spacial score (nSPS) is 10.8. The molecule has 0 saturated heterocycles. The molecule has 3 aromatic heterocycles. The number of H-pyrrole nitrogens is 1. The average molecular weight is 303 g/mol. The van der Waals surface area contributed by atoms with E-state index in [4.69, 9.17) is 0 Å². The number of nitrogens with one attached hydrogen (secondary N) is 2. The summed E-state index contributed by atoms with van der Waals surface area (Å²) < 4.78 is 1.70. The maximum atomic E-state index is 12.2. The summed E-state index contributed by atoms with van der Waals surface area (Å²) in [6, 6.07) is 18.6. The van der Waals surface area contributed by atoms with E-state index in [1.807, 2.05) is 54.7 Å². The molecule has 0 spiro atoms. The van der Waals surface area contributed by atoms with Gasteiger partial charge in [0.15, 0.2) is 5.65 Å². The first kappa shape index (κ1) is 13.3. The van der Waals surface area contributed by atoms with Gasteiger partial charge in [0.05, 0.1) is 11.4 Å². The molecule has 4 aromatic rings. The number of carbonyl (C=O) groups is 1. The zero-order valence-corrected chi connectivity index (χ0v) is 12.1. The van der Waals surface area contributed by atoms with Crippen molar-refractivity contribution in [1.82, 2.24) is 19.6 Å². The van der Waals surface area contributed by atoms with Gasteiger partial charge in [-0.05, 0) is 36.4 Å². The van der Waals surface area contributed by atoms with E-state index in [1.165, 1.54) is 0 Å². The van der Waals surface area contributed by atoms with Gasteiger partial charge < -0.3 is 4.98 Å². The monoisotopic (exact) mass is 303 g/mol. The number of anilines is 1. The van der Waals surface area contributed by atoms with E-state index >= 15 is 0 Å². The van der Waals surface area contributed by atoms with Gasteiger partial charge in [-0.2, -0.15) is 4.98 Å². The molecule has 0 atom stereocenters. The van der Waals surface area contributed by atoms with Crippen LogP contribution in [0.3, 0.4) is 0 Å². The minimum atomic E-state index is -0.233. The third-order valence-electron chi connectivity index (χ3n) is 3.49. The van der Waals surface area contributed by atoms with Gasteiger partial charge in [0.1, 0.15) is 0 Å². The van der Waals surface area contributed by atoms with Gasteiger partial charge in [-0.3, -0.25) is 10.1 Å². The fraction of sp³-hybridized carbons (Fsp3) is 0. The molecule has 112 valence electrons. The van der Waals surface area contributed by atoms with Crippen molar-refractivity contribution in [3.05, 3.63) is 72.4 Å². The van der Waals surface area contributed by atoms with Crippen LogP contribution in [0.15, 0.2) is 66.9 Å². The summed E-state index contributed by atoms with van der Waals surface area (Å²) >= 11 is 0. The van der Waals surface area contributed by atoms with Gasteiger partial charge in [-0.1, -0.05) is 24.3 Å². The quantitative estimate of drug-likeness (QED) is 0.611. The molecule has 1 aromatic carbocycles. The second-order valence-corrected chi connectivity index (χ2v) is 5.02. The van der Waals surface area contributed by atoms with E-state index in [0.717, 1.165) is 11.4 Å². The van der Waals surface area contributed by atoms with Gasteiger partial charge >= 0.3 is 0 Å². The number of benzene rings is 1. The summed E-state index contributed by atoms with van der Waals surface area (Å²) in [5.74, 6) is 0.0424. The first-order valence-corrected chi connectivity index (χ1v) is 7.17. The molecule has 0 bridgehead atoms. The van der Waals surface area contributed by atoms with Crippen LogP contribution in [0.5, 0.6) is 0 Å². The highest BCUT2D eigenvalue weighted by atomic mass is 16.1. The zero-order valence-electron chi connectivity index (χ0n) is 12.1. The van der Waals surface area contributed by atoms with Crippen LogP contribution < -0.4 is 5.32 Å². The Morgan fingerprint density at radius 2 is 1.87 bits per heavy atom. The molecule has 0 aliphatic heterocycles. The Morgan fingerprint density at radius 1 is 1.00 bits per heavy atom. The number of aromatic nitrogens is 4. The van der Waals surface area contributed by atoms with Crippen molar-refractivity contribution < 1.29 is 4.79 Å². The fourth-order valence-corrected chi connectivity index (χ4v) is 2.41. The number of pyridine rings is 1. The first-order chi connectivity index (χ1) is 11.3. The van der Waals surface area contributed by atoms with Gasteiger partial charge in [0, 0.05) is 11.8 Å². The van der Waals surface area contributed by atoms with Crippen LogP contribution in [-0.2, 0) is 0 Å². The van der Waals surface area contributed by atoms with Crippen molar-refractivity contribution in [3.8, 4) is 11.4 Å². The molecule has 3 heterocycles. The first-order valence-electron chi connectivity index (χ1n) is 7.17. The molecule has 0 radical (unpaired) electrons. The Hall–Kier alpha value is -3.41. The third kappa shape index (κ3) is 2.46. The smallest absolute Gasteiger partial charge is 0.258 e. The van der Waals surface area contributed by atoms with E-state index in [1.54, 1.807) is 16.6 Å². The topological polar surface area (TPSA) is 75.1 Å². The van der Waals surface area contributed by atoms with Gasteiger partial charge in [0.2, 0.25) is 5.95 Å². The Morgan fingerprint density at radius 3 is 2.65 bits per heavy atom. The minimum absolute atomic E-state index is 0.233. The average Bonchev–Trinajstić information content (AvgIpc) is 3.24. The zero-order chi connectivity index (χ0) is 15.6. The number of hydrogen-bond acceptors (Lipinski definition) is 3. The van der Waals surface area contributed by atoms with E-state index in [2.05, 4.69) is 20.4 Å². The highest BCUT2D eigenvalue weighted by molar-refractivity contribution is 6.03. The number of carbonyl (C=O) groups excluding carboxylic acids is 1. The SMILES string of the molecule is O=C(Nc1nc2cccc(-c3ccc[nH]3)n2n1)c1ccccc1. The van der Waals surface area contributed by atoms with E-state index in [-0.39, 0.29) is 11.9 Å². The molecule has 1 amide bonds. The van der Waals surface area contributed by atoms with Crippen molar-refractivity contribution in [2.24, 2.45) is 0 Å². The lowest BCUT2D eigenvalue weighted by Crippen LogP contribution is -2.12. The van der Waals surface area contributed by atoms with Crippen molar-refractivity contribution in [2.45, 2.75) is 0 Å². The van der Waals surface area contributed by atoms with Crippen LogP contribution >= 0.6 is 0 Å². The van der Waals surface area contributed by atoms with E-state index < -0.39 is 0 Å². The predicted molar refractivity (Wildman–Crippen MR) is 87.2 cm³/mol. The van der Waals surface area contributed by atoms with Crippen LogP contribution in [0.1, 0.15) is 10.4 Å². The summed E-state index contributed by atoms with van der Waals surface area (Å²) in [6.45, 7) is 0. The van der Waals surface area contributed by atoms with Crippen LogP contribution in [0.2, 0.25) is 0 Å². The highest BCUT2D eigenvalue weighted by Gasteiger charge is 2.12. The van der Waals surface area contributed by atoms with Crippen LogP contribution in [0, 0.1) is 0 Å². The van der Waals surface area contributed by atoms with E-state index in [0.29, 0.717) is 11.2 Å². The second kappa shape index (κ2) is 5.42. The minimum Gasteiger partial charge on any atom is -0.360 e. The number of aromatic amines is 1. The lowest BCUT2D eigenvalue weighted by molar-refractivity contribution is 0.102. The standard InChI is InChI=1S/C17H13N5O/c23-16(12-6-2-1-3-7-12)20-17-19-15-10-4-9-14(22(15)21-17)13-8-5-11-18-13/h1-11,18H,(H,20,21,23). The molecule has 0 fully saturated rings. The second-order valence-electron chi connectivity index (χ2n) is 5.02. The molecule has 23 heavy (non-hydrogen) atoms. The number of nitrogens with zero attached hydrogens (tertiary/aromatic N) is 3. The largest absolute Gasteiger partial charge is 0.360 e. The van der Waals surface area contributed by atoms with E-state index in [9.17, 15) is 4.79 Å². The van der Waals surface area contributed by atoms with Crippen molar-refractivity contribution in [3.63, 3.8) is 0 Å². The number of fused-ring (bicyclic) bond motifs is 1. The molecule has 4 rings (SSSR count). The summed E-state index contributed by atoms with van der Waals surface area (Å²) in [4.78, 5) is 19.7. The van der Waals surface area contributed by atoms with Crippen LogP contribution in [-0.4, -0.2) is 25.5 Å².